The maximum absolute atomic E-state index is 14.6. The smallest absolute Gasteiger partial charge is 0.329 e. The lowest BCUT2D eigenvalue weighted by Crippen LogP contribution is -2.52. The highest BCUT2D eigenvalue weighted by Crippen LogP contribution is 2.35. The van der Waals surface area contributed by atoms with Crippen molar-refractivity contribution in [3.63, 3.8) is 0 Å². The van der Waals surface area contributed by atoms with Gasteiger partial charge in [0, 0.05) is 24.2 Å². The van der Waals surface area contributed by atoms with E-state index in [-0.39, 0.29) is 12.1 Å². The molecule has 0 bridgehead atoms. The van der Waals surface area contributed by atoms with Crippen molar-refractivity contribution < 1.29 is 32.6 Å². The van der Waals surface area contributed by atoms with E-state index >= 15 is 0 Å². The van der Waals surface area contributed by atoms with E-state index < -0.39 is 48.1 Å². The molecule has 0 saturated heterocycles. The van der Waals surface area contributed by atoms with Crippen LogP contribution in [0.3, 0.4) is 0 Å². The number of esters is 2. The monoisotopic (exact) mass is 422 g/mol. The number of nitrogens with one attached hydrogen (secondary N) is 2. The number of fused-ring (bicyclic) bond motifs is 1. The minimum absolute atomic E-state index is 0.0826. The van der Waals surface area contributed by atoms with Crippen LogP contribution in [0.1, 0.15) is 29.4 Å². The molecule has 160 valence electrons. The predicted octanol–water partition coefficient (Wildman–Crippen LogP) is 1.45. The zero-order valence-electron chi connectivity index (χ0n) is 16.3. The average Bonchev–Trinajstić information content (AvgIpc) is 3.22. The van der Waals surface area contributed by atoms with E-state index in [2.05, 4.69) is 24.8 Å². The molecule has 1 aliphatic heterocycles. The number of hydrogen-bond acceptors (Lipinski definition) is 6. The first-order valence-corrected chi connectivity index (χ1v) is 9.05. The number of halogens is 2. The number of benzene rings is 1. The van der Waals surface area contributed by atoms with E-state index in [1.807, 2.05) is 0 Å². The van der Waals surface area contributed by atoms with Crippen molar-refractivity contribution in [3.05, 3.63) is 53.1 Å². The van der Waals surface area contributed by atoms with E-state index in [0.717, 1.165) is 20.3 Å². The van der Waals surface area contributed by atoms with Crippen LogP contribution in [0.25, 0.3) is 0 Å². The maximum Gasteiger partial charge on any atom is 0.329 e. The highest BCUT2D eigenvalue weighted by atomic mass is 19.2. The molecule has 0 fully saturated rings. The SMILES string of the molecule is COC(=O)C[C@@H](NC(=O)N1CCc2[nH]cnc2C1c1cccc(F)c1F)C(=O)OC. The summed E-state index contributed by atoms with van der Waals surface area (Å²) in [7, 11) is 2.26. The number of nitrogens with zero attached hydrogens (tertiary/aromatic N) is 2. The number of urea groups is 1. The van der Waals surface area contributed by atoms with Crippen molar-refractivity contribution in [1.82, 2.24) is 20.2 Å². The first kappa shape index (κ1) is 21.2. The summed E-state index contributed by atoms with van der Waals surface area (Å²) in [6, 6.07) is 0.553. The zero-order valence-corrected chi connectivity index (χ0v) is 16.3. The van der Waals surface area contributed by atoms with E-state index in [0.29, 0.717) is 17.8 Å². The van der Waals surface area contributed by atoms with Crippen LogP contribution in [0.4, 0.5) is 13.6 Å². The second kappa shape index (κ2) is 8.89. The van der Waals surface area contributed by atoms with Gasteiger partial charge in [0.05, 0.1) is 32.7 Å². The quantitative estimate of drug-likeness (QED) is 0.705. The van der Waals surface area contributed by atoms with Crippen molar-refractivity contribution in [2.24, 2.45) is 0 Å². The van der Waals surface area contributed by atoms with Gasteiger partial charge in [-0.05, 0) is 6.07 Å². The molecule has 2 amide bonds. The number of rotatable bonds is 5. The summed E-state index contributed by atoms with van der Waals surface area (Å²) in [4.78, 5) is 44.9. The third-order valence-electron chi connectivity index (χ3n) is 4.84. The van der Waals surface area contributed by atoms with E-state index in [1.165, 1.54) is 23.4 Å². The molecule has 30 heavy (non-hydrogen) atoms. The molecular weight excluding hydrogens is 402 g/mol. The van der Waals surface area contributed by atoms with E-state index in [1.54, 1.807) is 0 Å². The van der Waals surface area contributed by atoms with Crippen molar-refractivity contribution in [2.75, 3.05) is 20.8 Å². The first-order valence-electron chi connectivity index (χ1n) is 9.05. The number of carbonyl (C=O) groups excluding carboxylic acids is 3. The van der Waals surface area contributed by atoms with Crippen LogP contribution in [-0.2, 0) is 25.5 Å². The number of methoxy groups -OCH3 is 2. The Morgan fingerprint density at radius 3 is 2.77 bits per heavy atom. The van der Waals surface area contributed by atoms with Gasteiger partial charge in [-0.25, -0.2) is 23.4 Å². The van der Waals surface area contributed by atoms with Crippen molar-refractivity contribution in [2.45, 2.75) is 24.9 Å². The molecule has 9 nitrogen and oxygen atoms in total. The number of aromatic nitrogens is 2. The van der Waals surface area contributed by atoms with Gasteiger partial charge in [-0.1, -0.05) is 12.1 Å². The van der Waals surface area contributed by atoms with Crippen LogP contribution in [0.5, 0.6) is 0 Å². The second-order valence-electron chi connectivity index (χ2n) is 6.56. The van der Waals surface area contributed by atoms with Crippen molar-refractivity contribution >= 4 is 18.0 Å². The fraction of sp³-hybridized carbons (Fsp3) is 0.368. The molecule has 0 radical (unpaired) electrons. The van der Waals surface area contributed by atoms with Gasteiger partial charge < -0.3 is 24.7 Å². The lowest BCUT2D eigenvalue weighted by molar-refractivity contribution is -0.149. The Morgan fingerprint density at radius 1 is 1.30 bits per heavy atom. The highest BCUT2D eigenvalue weighted by Gasteiger charge is 2.38. The number of aromatic amines is 1. The lowest BCUT2D eigenvalue weighted by atomic mass is 9.95. The summed E-state index contributed by atoms with van der Waals surface area (Å²) in [6.07, 6.45) is 1.34. The Morgan fingerprint density at radius 2 is 2.07 bits per heavy atom. The van der Waals surface area contributed by atoms with Crippen LogP contribution in [0, 0.1) is 11.6 Å². The van der Waals surface area contributed by atoms with E-state index in [9.17, 15) is 23.2 Å². The molecular formula is C19H20F2N4O5. The summed E-state index contributed by atoms with van der Waals surface area (Å²) >= 11 is 0. The summed E-state index contributed by atoms with van der Waals surface area (Å²) < 4.78 is 37.6. The Balaban J connectivity index is 1.94. The average molecular weight is 422 g/mol. The molecule has 0 saturated carbocycles. The third kappa shape index (κ3) is 4.09. The van der Waals surface area contributed by atoms with Gasteiger partial charge >= 0.3 is 18.0 Å². The standard InChI is InChI=1S/C19H20F2N4O5/c1-29-14(26)8-13(18(27)30-2)24-19(28)25-7-6-12-16(23-9-22-12)17(25)10-4-3-5-11(20)15(10)21/h3-5,9,13,17H,6-8H2,1-2H3,(H,22,23)(H,24,28)/t13-,17?/m1/s1. The molecule has 2 atom stereocenters. The van der Waals surface area contributed by atoms with Crippen molar-refractivity contribution in [3.8, 4) is 0 Å². The van der Waals surface area contributed by atoms with Gasteiger partial charge in [0.1, 0.15) is 12.1 Å². The number of carbonyl (C=O) groups is 3. The fourth-order valence-corrected chi connectivity index (χ4v) is 3.36. The van der Waals surface area contributed by atoms with Crippen LogP contribution in [0.15, 0.2) is 24.5 Å². The predicted molar refractivity (Wildman–Crippen MR) is 98.2 cm³/mol. The summed E-state index contributed by atoms with van der Waals surface area (Å²) in [5.74, 6) is -3.74. The molecule has 2 aromatic rings. The summed E-state index contributed by atoms with van der Waals surface area (Å²) in [5.41, 5.74) is 0.969. The highest BCUT2D eigenvalue weighted by molar-refractivity contribution is 5.87. The van der Waals surface area contributed by atoms with Gasteiger partial charge in [0.15, 0.2) is 11.6 Å². The van der Waals surface area contributed by atoms with Crippen LogP contribution in [-0.4, -0.2) is 59.6 Å². The minimum atomic E-state index is -1.31. The Hall–Kier alpha value is -3.50. The molecule has 11 heteroatoms. The molecule has 3 rings (SSSR count). The first-order chi connectivity index (χ1) is 14.4. The number of H-pyrrole nitrogens is 1. The van der Waals surface area contributed by atoms with E-state index in [4.69, 9.17) is 0 Å². The Bertz CT molecular complexity index is 964. The molecule has 2 heterocycles. The molecule has 0 spiro atoms. The third-order valence-corrected chi connectivity index (χ3v) is 4.84. The van der Waals surface area contributed by atoms with Gasteiger partial charge in [0.25, 0.3) is 0 Å². The Labute approximate surface area is 170 Å². The van der Waals surface area contributed by atoms with Gasteiger partial charge in [-0.15, -0.1) is 0 Å². The molecule has 1 aliphatic rings. The molecule has 1 aromatic carbocycles. The minimum Gasteiger partial charge on any atom is -0.469 e. The summed E-state index contributed by atoms with van der Waals surface area (Å²) in [5, 5.41) is 2.42. The summed E-state index contributed by atoms with van der Waals surface area (Å²) in [6.45, 7) is 0.133. The van der Waals surface area contributed by atoms with Gasteiger partial charge in [0.2, 0.25) is 0 Å². The van der Waals surface area contributed by atoms with Gasteiger partial charge in [-0.2, -0.15) is 0 Å². The molecule has 1 unspecified atom stereocenters. The number of amides is 2. The Kier molecular flexibility index (Phi) is 6.28. The van der Waals surface area contributed by atoms with Gasteiger partial charge in [-0.3, -0.25) is 4.79 Å². The zero-order chi connectivity index (χ0) is 21.8. The lowest BCUT2D eigenvalue weighted by Gasteiger charge is -2.36. The van der Waals surface area contributed by atoms with Crippen LogP contribution < -0.4 is 5.32 Å². The van der Waals surface area contributed by atoms with Crippen LogP contribution >= 0.6 is 0 Å². The largest absolute Gasteiger partial charge is 0.469 e. The molecule has 2 N–H and O–H groups in total. The van der Waals surface area contributed by atoms with Crippen molar-refractivity contribution in [1.29, 1.82) is 0 Å². The van der Waals surface area contributed by atoms with Crippen LogP contribution in [0.2, 0.25) is 0 Å². The topological polar surface area (TPSA) is 114 Å². The molecule has 1 aromatic heterocycles. The maximum atomic E-state index is 14.6. The number of ether oxygens (including phenoxy) is 2. The number of imidazole rings is 1. The molecule has 0 aliphatic carbocycles. The second-order valence-corrected chi connectivity index (χ2v) is 6.56. The normalized spacial score (nSPS) is 16.4. The number of hydrogen-bond donors (Lipinski definition) is 2. The fourth-order valence-electron chi connectivity index (χ4n) is 3.36.